The van der Waals surface area contributed by atoms with E-state index in [4.69, 9.17) is 9.26 Å². The molecular weight excluding hydrogens is 320 g/mol. The van der Waals surface area contributed by atoms with Gasteiger partial charge in [-0.25, -0.2) is 4.79 Å². The smallest absolute Gasteiger partial charge is 0.410 e. The predicted octanol–water partition coefficient (Wildman–Crippen LogP) is 3.32. The lowest BCUT2D eigenvalue weighted by Gasteiger charge is -2.26. The molecule has 1 aliphatic heterocycles. The highest BCUT2D eigenvalue weighted by atomic mass is 16.6. The molecule has 0 bridgehead atoms. The number of rotatable bonds is 4. The van der Waals surface area contributed by atoms with Crippen LogP contribution in [0.4, 0.5) is 4.79 Å². The molecule has 3 heterocycles. The standard InChI is InChI=1S/C18H24N4O3/c1-18(2,3)24-17(23)22-11-5-7-14(22)16-20-15(21-25-16)9-8-13-6-4-10-19-12-13/h4,6,10,12,14H,5,7-9,11H2,1-3H3/t14-/m1/s1. The molecule has 1 amide bonds. The second-order valence-corrected chi connectivity index (χ2v) is 7.24. The Bertz CT molecular complexity index is 709. The lowest BCUT2D eigenvalue weighted by atomic mass is 10.1. The minimum absolute atomic E-state index is 0.200. The van der Waals surface area contributed by atoms with Gasteiger partial charge in [-0.2, -0.15) is 4.98 Å². The Labute approximate surface area is 147 Å². The maximum atomic E-state index is 12.4. The largest absolute Gasteiger partial charge is 0.444 e. The van der Waals surface area contributed by atoms with Crippen molar-refractivity contribution in [2.24, 2.45) is 0 Å². The zero-order valence-corrected chi connectivity index (χ0v) is 14.9. The van der Waals surface area contributed by atoms with E-state index in [-0.39, 0.29) is 12.1 Å². The van der Waals surface area contributed by atoms with E-state index in [2.05, 4.69) is 15.1 Å². The van der Waals surface area contributed by atoms with Crippen LogP contribution >= 0.6 is 0 Å². The normalized spacial score (nSPS) is 17.7. The van der Waals surface area contributed by atoms with E-state index in [1.54, 1.807) is 11.1 Å². The van der Waals surface area contributed by atoms with Crippen LogP contribution in [0.25, 0.3) is 0 Å². The van der Waals surface area contributed by atoms with E-state index >= 15 is 0 Å². The summed E-state index contributed by atoms with van der Waals surface area (Å²) in [6.45, 7) is 6.23. The molecule has 0 radical (unpaired) electrons. The summed E-state index contributed by atoms with van der Waals surface area (Å²) in [5, 5.41) is 4.06. The van der Waals surface area contributed by atoms with Crippen molar-refractivity contribution in [2.75, 3.05) is 6.54 Å². The highest BCUT2D eigenvalue weighted by Gasteiger charge is 2.36. The van der Waals surface area contributed by atoms with Crippen LogP contribution in [0, 0.1) is 0 Å². The topological polar surface area (TPSA) is 81.4 Å². The second kappa shape index (κ2) is 7.21. The zero-order valence-electron chi connectivity index (χ0n) is 14.9. The van der Waals surface area contributed by atoms with Gasteiger partial charge in [-0.15, -0.1) is 0 Å². The molecule has 1 aliphatic rings. The van der Waals surface area contributed by atoms with Gasteiger partial charge in [0.2, 0.25) is 5.89 Å². The van der Waals surface area contributed by atoms with Gasteiger partial charge < -0.3 is 9.26 Å². The molecule has 1 saturated heterocycles. The van der Waals surface area contributed by atoms with Gasteiger partial charge in [0.15, 0.2) is 5.82 Å². The number of nitrogens with zero attached hydrogens (tertiary/aromatic N) is 4. The van der Waals surface area contributed by atoms with Gasteiger partial charge >= 0.3 is 6.09 Å². The van der Waals surface area contributed by atoms with E-state index in [9.17, 15) is 4.79 Å². The average Bonchev–Trinajstić information content (AvgIpc) is 3.21. The molecule has 0 unspecified atom stereocenters. The number of ether oxygens (including phenoxy) is 1. The Morgan fingerprint density at radius 1 is 1.40 bits per heavy atom. The number of carbonyl (C=O) groups is 1. The van der Waals surface area contributed by atoms with E-state index < -0.39 is 5.60 Å². The molecule has 3 rings (SSSR count). The van der Waals surface area contributed by atoms with E-state index in [0.717, 1.165) is 24.8 Å². The molecule has 7 heteroatoms. The van der Waals surface area contributed by atoms with Gasteiger partial charge in [-0.1, -0.05) is 11.2 Å². The van der Waals surface area contributed by atoms with Crippen molar-refractivity contribution in [2.45, 2.75) is 58.1 Å². The van der Waals surface area contributed by atoms with Gasteiger partial charge in [0, 0.05) is 25.4 Å². The summed E-state index contributed by atoms with van der Waals surface area (Å²) >= 11 is 0. The van der Waals surface area contributed by atoms with Crippen LogP contribution < -0.4 is 0 Å². The summed E-state index contributed by atoms with van der Waals surface area (Å²) in [4.78, 5) is 22.6. The molecule has 2 aromatic heterocycles. The SMILES string of the molecule is CC(C)(C)OC(=O)N1CCC[C@@H]1c1nc(CCc2cccnc2)no1. The van der Waals surface area contributed by atoms with Gasteiger partial charge in [0.25, 0.3) is 0 Å². The Balaban J connectivity index is 1.63. The van der Waals surface area contributed by atoms with Crippen molar-refractivity contribution in [3.8, 4) is 0 Å². The Kier molecular flexibility index (Phi) is 5.01. The number of amides is 1. The number of pyridine rings is 1. The summed E-state index contributed by atoms with van der Waals surface area (Å²) in [6, 6.07) is 3.73. The molecule has 0 aliphatic carbocycles. The zero-order chi connectivity index (χ0) is 17.9. The molecule has 0 spiro atoms. The molecule has 25 heavy (non-hydrogen) atoms. The summed E-state index contributed by atoms with van der Waals surface area (Å²) in [7, 11) is 0. The molecule has 0 aromatic carbocycles. The van der Waals surface area contributed by atoms with Gasteiger partial charge in [-0.3, -0.25) is 9.88 Å². The molecule has 1 fully saturated rings. The third-order valence-corrected chi connectivity index (χ3v) is 4.01. The van der Waals surface area contributed by atoms with Crippen molar-refractivity contribution in [1.29, 1.82) is 0 Å². The van der Waals surface area contributed by atoms with E-state index in [1.165, 1.54) is 0 Å². The van der Waals surface area contributed by atoms with Crippen molar-refractivity contribution in [3.63, 3.8) is 0 Å². The predicted molar refractivity (Wildman–Crippen MR) is 90.9 cm³/mol. The average molecular weight is 344 g/mol. The fourth-order valence-electron chi connectivity index (χ4n) is 2.87. The van der Waals surface area contributed by atoms with Crippen LogP contribution in [0.1, 0.15) is 56.9 Å². The van der Waals surface area contributed by atoms with Crippen LogP contribution in [0.15, 0.2) is 29.0 Å². The van der Waals surface area contributed by atoms with E-state index in [1.807, 2.05) is 39.1 Å². The summed E-state index contributed by atoms with van der Waals surface area (Å²) in [5.41, 5.74) is 0.610. The highest BCUT2D eigenvalue weighted by molar-refractivity contribution is 5.69. The first-order chi connectivity index (χ1) is 11.9. The van der Waals surface area contributed by atoms with Gasteiger partial charge in [0.05, 0.1) is 0 Å². The number of likely N-dealkylation sites (tertiary alicyclic amines) is 1. The summed E-state index contributed by atoms with van der Waals surface area (Å²) in [5.74, 6) is 1.14. The summed E-state index contributed by atoms with van der Waals surface area (Å²) < 4.78 is 10.9. The van der Waals surface area contributed by atoms with Gasteiger partial charge in [0.1, 0.15) is 11.6 Å². The Hall–Kier alpha value is -2.44. The fourth-order valence-corrected chi connectivity index (χ4v) is 2.87. The molecular formula is C18H24N4O3. The monoisotopic (exact) mass is 344 g/mol. The molecule has 0 N–H and O–H groups in total. The van der Waals surface area contributed by atoms with Crippen molar-refractivity contribution >= 4 is 6.09 Å². The lowest BCUT2D eigenvalue weighted by Crippen LogP contribution is -2.36. The fraction of sp³-hybridized carbons (Fsp3) is 0.556. The van der Waals surface area contributed by atoms with E-state index in [0.29, 0.717) is 24.7 Å². The van der Waals surface area contributed by atoms with Gasteiger partial charge in [-0.05, 0) is 51.7 Å². The molecule has 1 atom stereocenters. The third kappa shape index (κ3) is 4.55. The first-order valence-corrected chi connectivity index (χ1v) is 8.63. The minimum atomic E-state index is -0.520. The second-order valence-electron chi connectivity index (χ2n) is 7.24. The first-order valence-electron chi connectivity index (χ1n) is 8.63. The number of hydrogen-bond donors (Lipinski definition) is 0. The molecule has 134 valence electrons. The summed E-state index contributed by atoms with van der Waals surface area (Å²) in [6.07, 6.45) is 6.44. The maximum Gasteiger partial charge on any atom is 0.410 e. The van der Waals surface area contributed by atoms with Crippen molar-refractivity contribution in [3.05, 3.63) is 41.8 Å². The number of aryl methyl sites for hydroxylation is 2. The Morgan fingerprint density at radius 2 is 2.24 bits per heavy atom. The van der Waals surface area contributed by atoms with Crippen LogP contribution in [-0.4, -0.2) is 38.3 Å². The number of hydrogen-bond acceptors (Lipinski definition) is 6. The number of aromatic nitrogens is 3. The first kappa shape index (κ1) is 17.4. The molecule has 7 nitrogen and oxygen atoms in total. The third-order valence-electron chi connectivity index (χ3n) is 4.01. The Morgan fingerprint density at radius 3 is 2.96 bits per heavy atom. The van der Waals surface area contributed by atoms with Crippen molar-refractivity contribution < 1.29 is 14.1 Å². The van der Waals surface area contributed by atoms with Crippen LogP contribution in [0.3, 0.4) is 0 Å². The maximum absolute atomic E-state index is 12.4. The van der Waals surface area contributed by atoms with Crippen molar-refractivity contribution in [1.82, 2.24) is 20.0 Å². The van der Waals surface area contributed by atoms with Crippen LogP contribution in [-0.2, 0) is 17.6 Å². The lowest BCUT2D eigenvalue weighted by molar-refractivity contribution is 0.0199. The quantitative estimate of drug-likeness (QED) is 0.846. The van der Waals surface area contributed by atoms with Crippen LogP contribution in [0.5, 0.6) is 0 Å². The number of carbonyl (C=O) groups excluding carboxylic acids is 1. The molecule has 0 saturated carbocycles. The minimum Gasteiger partial charge on any atom is -0.444 e. The molecule has 2 aromatic rings. The van der Waals surface area contributed by atoms with Crippen LogP contribution in [0.2, 0.25) is 0 Å². The highest BCUT2D eigenvalue weighted by Crippen LogP contribution is 2.32.